The number of esters is 1. The van der Waals surface area contributed by atoms with Crippen LogP contribution in [0.15, 0.2) is 24.3 Å². The summed E-state index contributed by atoms with van der Waals surface area (Å²) < 4.78 is 32.8. The van der Waals surface area contributed by atoms with Crippen molar-refractivity contribution in [2.24, 2.45) is 5.92 Å². The number of amides is 1. The van der Waals surface area contributed by atoms with Gasteiger partial charge in [-0.2, -0.15) is 8.42 Å². The summed E-state index contributed by atoms with van der Waals surface area (Å²) in [6.45, 7) is 8.49. The number of ether oxygens (including phenoxy) is 1. The molecule has 152 valence electrons. The zero-order valence-electron chi connectivity index (χ0n) is 16.4. The predicted molar refractivity (Wildman–Crippen MR) is 103 cm³/mol. The number of nitrogens with zero attached hydrogens (tertiary/aromatic N) is 1. The van der Waals surface area contributed by atoms with Gasteiger partial charge in [-0.3, -0.25) is 9.59 Å². The van der Waals surface area contributed by atoms with Crippen LogP contribution in [0.5, 0.6) is 5.75 Å². The molecule has 7 nitrogen and oxygen atoms in total. The van der Waals surface area contributed by atoms with Gasteiger partial charge in [-0.25, -0.2) is 0 Å². The summed E-state index contributed by atoms with van der Waals surface area (Å²) in [6, 6.07) is 6.59. The molecule has 0 aliphatic heterocycles. The van der Waals surface area contributed by atoms with Crippen LogP contribution < -0.4 is 4.18 Å². The molecule has 27 heavy (non-hydrogen) atoms. The number of benzene rings is 1. The number of carbonyl (C=O) groups is 2. The van der Waals surface area contributed by atoms with E-state index in [1.807, 2.05) is 13.8 Å². The fourth-order valence-corrected chi connectivity index (χ4v) is 2.89. The van der Waals surface area contributed by atoms with Crippen molar-refractivity contribution in [1.29, 1.82) is 0 Å². The van der Waals surface area contributed by atoms with Gasteiger partial charge in [-0.15, -0.1) is 0 Å². The van der Waals surface area contributed by atoms with E-state index in [4.69, 9.17) is 8.92 Å². The van der Waals surface area contributed by atoms with Crippen LogP contribution in [0.4, 0.5) is 0 Å². The van der Waals surface area contributed by atoms with Gasteiger partial charge in [0.1, 0.15) is 5.75 Å². The van der Waals surface area contributed by atoms with E-state index < -0.39 is 10.1 Å². The second kappa shape index (κ2) is 10.9. The van der Waals surface area contributed by atoms with Crippen LogP contribution in [0.25, 0.3) is 0 Å². The van der Waals surface area contributed by atoms with E-state index in [9.17, 15) is 18.0 Å². The van der Waals surface area contributed by atoms with Crippen molar-refractivity contribution < 1.29 is 26.9 Å². The molecular formula is C19H29NO6S. The van der Waals surface area contributed by atoms with Crippen molar-refractivity contribution in [1.82, 2.24) is 4.90 Å². The zero-order valence-corrected chi connectivity index (χ0v) is 17.3. The number of carbonyl (C=O) groups excluding carboxylic acids is 2. The Morgan fingerprint density at radius 3 is 2.22 bits per heavy atom. The highest BCUT2D eigenvalue weighted by molar-refractivity contribution is 7.87. The van der Waals surface area contributed by atoms with Crippen LogP contribution >= 0.6 is 0 Å². The molecule has 0 saturated heterocycles. The Hall–Kier alpha value is -2.09. The minimum Gasteiger partial charge on any atom is -0.466 e. The van der Waals surface area contributed by atoms with Crippen molar-refractivity contribution in [2.75, 3.05) is 18.9 Å². The molecular weight excluding hydrogens is 370 g/mol. The first-order valence-corrected chi connectivity index (χ1v) is 10.7. The Morgan fingerprint density at radius 1 is 1.07 bits per heavy atom. The lowest BCUT2D eigenvalue weighted by molar-refractivity contribution is -0.145. The lowest BCUT2D eigenvalue weighted by Crippen LogP contribution is -2.34. The highest BCUT2D eigenvalue weighted by Gasteiger charge is 2.17. The first-order valence-electron chi connectivity index (χ1n) is 9.11. The maximum Gasteiger partial charge on any atom is 0.308 e. The second-order valence-corrected chi connectivity index (χ2v) is 8.41. The summed E-state index contributed by atoms with van der Waals surface area (Å²) in [7, 11) is -3.57. The Kier molecular flexibility index (Phi) is 9.28. The highest BCUT2D eigenvalue weighted by atomic mass is 32.2. The molecule has 0 saturated carbocycles. The van der Waals surface area contributed by atoms with Crippen LogP contribution in [0.3, 0.4) is 0 Å². The van der Waals surface area contributed by atoms with Crippen LogP contribution in [-0.4, -0.2) is 44.1 Å². The topological polar surface area (TPSA) is 90.0 Å². The SMILES string of the molecule is CCOC(=O)CCC(=O)N(Cc1ccc(OS(=O)(=O)CC)cc1)CC(C)C. The van der Waals surface area contributed by atoms with E-state index in [1.165, 1.54) is 6.92 Å². The van der Waals surface area contributed by atoms with E-state index in [-0.39, 0.29) is 42.1 Å². The Labute approximate surface area is 161 Å². The van der Waals surface area contributed by atoms with Crippen LogP contribution in [0, 0.1) is 5.92 Å². The van der Waals surface area contributed by atoms with Gasteiger partial charge in [0.05, 0.1) is 18.8 Å². The normalized spacial score (nSPS) is 11.3. The molecule has 0 aliphatic rings. The standard InChI is InChI=1S/C19H29NO6S/c1-5-25-19(22)12-11-18(21)20(13-15(3)4)14-16-7-9-17(10-8-16)26-27(23,24)6-2/h7-10,15H,5-6,11-14H2,1-4H3. The minimum absolute atomic E-state index is 0.0585. The van der Waals surface area contributed by atoms with E-state index >= 15 is 0 Å². The molecule has 0 N–H and O–H groups in total. The summed E-state index contributed by atoms with van der Waals surface area (Å²) in [5.41, 5.74) is 0.849. The molecule has 0 aliphatic carbocycles. The molecule has 1 aromatic rings. The molecule has 0 unspecified atom stereocenters. The molecule has 0 aromatic heterocycles. The molecule has 0 atom stereocenters. The summed E-state index contributed by atoms with van der Waals surface area (Å²) >= 11 is 0. The molecule has 8 heteroatoms. The third-order valence-electron chi connectivity index (χ3n) is 3.66. The molecule has 0 radical (unpaired) electrons. The average molecular weight is 400 g/mol. The average Bonchev–Trinajstić information content (AvgIpc) is 2.60. The fraction of sp³-hybridized carbons (Fsp3) is 0.579. The van der Waals surface area contributed by atoms with Gasteiger partial charge < -0.3 is 13.8 Å². The second-order valence-electron chi connectivity index (χ2n) is 6.55. The number of hydrogen-bond donors (Lipinski definition) is 0. The van der Waals surface area contributed by atoms with Gasteiger partial charge >= 0.3 is 16.1 Å². The minimum atomic E-state index is -3.57. The molecule has 1 amide bonds. The molecule has 1 aromatic carbocycles. The maximum absolute atomic E-state index is 12.5. The van der Waals surface area contributed by atoms with Gasteiger partial charge in [-0.05, 0) is 37.5 Å². The fourth-order valence-electron chi connectivity index (χ4n) is 2.37. The van der Waals surface area contributed by atoms with Crippen molar-refractivity contribution in [3.05, 3.63) is 29.8 Å². The molecule has 0 heterocycles. The first kappa shape index (κ1) is 23.0. The highest BCUT2D eigenvalue weighted by Crippen LogP contribution is 2.17. The Bertz CT molecular complexity index is 712. The van der Waals surface area contributed by atoms with Gasteiger partial charge in [0.2, 0.25) is 5.91 Å². The molecule has 1 rings (SSSR count). The zero-order chi connectivity index (χ0) is 20.4. The van der Waals surface area contributed by atoms with Gasteiger partial charge in [0, 0.05) is 19.5 Å². The first-order chi connectivity index (χ1) is 12.7. The quantitative estimate of drug-likeness (QED) is 0.420. The van der Waals surface area contributed by atoms with E-state index in [2.05, 4.69) is 0 Å². The van der Waals surface area contributed by atoms with Crippen molar-refractivity contribution >= 4 is 22.0 Å². The number of hydrogen-bond acceptors (Lipinski definition) is 6. The van der Waals surface area contributed by atoms with Gasteiger partial charge in [-0.1, -0.05) is 26.0 Å². The maximum atomic E-state index is 12.5. The Balaban J connectivity index is 2.75. The lowest BCUT2D eigenvalue weighted by Gasteiger charge is -2.25. The third kappa shape index (κ3) is 8.90. The summed E-state index contributed by atoms with van der Waals surface area (Å²) in [4.78, 5) is 25.7. The summed E-state index contributed by atoms with van der Waals surface area (Å²) in [6.07, 6.45) is 0.157. The monoisotopic (exact) mass is 399 g/mol. The van der Waals surface area contributed by atoms with E-state index in [0.717, 1.165) is 5.56 Å². The van der Waals surface area contributed by atoms with Crippen molar-refractivity contribution in [2.45, 2.75) is 47.1 Å². The van der Waals surface area contributed by atoms with Gasteiger partial charge in [0.15, 0.2) is 0 Å². The van der Waals surface area contributed by atoms with Crippen LogP contribution in [0.1, 0.15) is 46.1 Å². The molecule has 0 bridgehead atoms. The van der Waals surface area contributed by atoms with Gasteiger partial charge in [0.25, 0.3) is 0 Å². The van der Waals surface area contributed by atoms with Crippen LogP contribution in [0.2, 0.25) is 0 Å². The van der Waals surface area contributed by atoms with Crippen molar-refractivity contribution in [3.63, 3.8) is 0 Å². The van der Waals surface area contributed by atoms with Crippen molar-refractivity contribution in [3.8, 4) is 5.75 Å². The summed E-state index contributed by atoms with van der Waals surface area (Å²) in [5.74, 6) is -0.0931. The lowest BCUT2D eigenvalue weighted by atomic mass is 10.1. The smallest absolute Gasteiger partial charge is 0.308 e. The largest absolute Gasteiger partial charge is 0.466 e. The Morgan fingerprint density at radius 2 is 1.70 bits per heavy atom. The molecule has 0 spiro atoms. The number of rotatable bonds is 11. The van der Waals surface area contributed by atoms with Crippen LogP contribution in [-0.2, 0) is 31.0 Å². The third-order valence-corrected chi connectivity index (χ3v) is 4.81. The van der Waals surface area contributed by atoms with E-state index in [0.29, 0.717) is 19.7 Å². The van der Waals surface area contributed by atoms with E-state index in [1.54, 1.807) is 36.1 Å². The summed E-state index contributed by atoms with van der Waals surface area (Å²) in [5, 5.41) is 0. The predicted octanol–water partition coefficient (Wildman–Crippen LogP) is 2.74. The molecule has 0 fully saturated rings.